The van der Waals surface area contributed by atoms with E-state index in [1.165, 1.54) is 11.3 Å². The van der Waals surface area contributed by atoms with Crippen LogP contribution in [0.4, 0.5) is 5.13 Å². The number of benzene rings is 1. The van der Waals surface area contributed by atoms with Crippen molar-refractivity contribution in [2.75, 3.05) is 10.7 Å². The summed E-state index contributed by atoms with van der Waals surface area (Å²) in [5.74, 6) is 0.551. The molecule has 1 aromatic heterocycles. The summed E-state index contributed by atoms with van der Waals surface area (Å²) >= 11 is 9.26. The highest BCUT2D eigenvalue weighted by Crippen LogP contribution is 2.44. The van der Waals surface area contributed by atoms with Crippen molar-refractivity contribution in [3.63, 3.8) is 0 Å². The first kappa shape index (κ1) is 12.0. The van der Waals surface area contributed by atoms with Crippen molar-refractivity contribution in [1.29, 1.82) is 0 Å². The van der Waals surface area contributed by atoms with Crippen LogP contribution in [0, 0.1) is 0 Å². The van der Waals surface area contributed by atoms with Crippen LogP contribution in [0.25, 0.3) is 0 Å². The fraction of sp³-hybridized carbons (Fsp3) is 0.167. The predicted molar refractivity (Wildman–Crippen MR) is 76.3 cm³/mol. The largest absolute Gasteiger partial charge is 0.273 e. The van der Waals surface area contributed by atoms with Crippen molar-refractivity contribution < 1.29 is 4.79 Å². The van der Waals surface area contributed by atoms with Crippen LogP contribution < -0.4 is 4.90 Å². The van der Waals surface area contributed by atoms with Gasteiger partial charge in [0.05, 0.1) is 5.75 Å². The van der Waals surface area contributed by atoms with E-state index in [0.29, 0.717) is 10.8 Å². The van der Waals surface area contributed by atoms with E-state index in [1.807, 2.05) is 29.6 Å². The molecule has 1 saturated heterocycles. The smallest absolute Gasteiger partial charge is 0.240 e. The number of carbonyl (C=O) groups excluding carboxylic acids is 1. The summed E-state index contributed by atoms with van der Waals surface area (Å²) in [6.07, 6.45) is 1.71. The van der Waals surface area contributed by atoms with E-state index < -0.39 is 0 Å². The van der Waals surface area contributed by atoms with E-state index >= 15 is 0 Å². The van der Waals surface area contributed by atoms with Crippen LogP contribution in [0.1, 0.15) is 10.9 Å². The summed E-state index contributed by atoms with van der Waals surface area (Å²) in [5.41, 5.74) is 0.963. The molecule has 1 fully saturated rings. The molecular formula is C12H9ClN2OS2. The molecule has 92 valence electrons. The summed E-state index contributed by atoms with van der Waals surface area (Å²) in [6.45, 7) is 0. The van der Waals surface area contributed by atoms with Gasteiger partial charge in [-0.05, 0) is 6.07 Å². The average Bonchev–Trinajstić information content (AvgIpc) is 2.98. The molecule has 18 heavy (non-hydrogen) atoms. The fourth-order valence-corrected chi connectivity index (χ4v) is 4.12. The zero-order chi connectivity index (χ0) is 12.5. The van der Waals surface area contributed by atoms with Crippen molar-refractivity contribution in [3.8, 4) is 0 Å². The van der Waals surface area contributed by atoms with Gasteiger partial charge in [0, 0.05) is 22.2 Å². The number of anilines is 1. The second-order valence-electron chi connectivity index (χ2n) is 3.76. The fourth-order valence-electron chi connectivity index (χ4n) is 1.87. The quantitative estimate of drug-likeness (QED) is 0.849. The third-order valence-electron chi connectivity index (χ3n) is 2.66. The predicted octanol–water partition coefficient (Wildman–Crippen LogP) is 3.58. The van der Waals surface area contributed by atoms with Gasteiger partial charge in [0.1, 0.15) is 5.37 Å². The topological polar surface area (TPSA) is 33.2 Å². The zero-order valence-corrected chi connectivity index (χ0v) is 11.6. The van der Waals surface area contributed by atoms with Crippen LogP contribution in [0.2, 0.25) is 5.02 Å². The standard InChI is InChI=1S/C12H9ClN2OS2/c13-9-4-2-1-3-8(9)11-15(10(16)7-18-11)12-14-5-6-17-12/h1-6,11H,7H2. The van der Waals surface area contributed by atoms with Crippen LogP contribution >= 0.6 is 34.7 Å². The number of aromatic nitrogens is 1. The molecule has 0 spiro atoms. The Morgan fingerprint density at radius 2 is 2.22 bits per heavy atom. The van der Waals surface area contributed by atoms with Crippen molar-refractivity contribution >= 4 is 45.7 Å². The lowest BCUT2D eigenvalue weighted by Gasteiger charge is -2.22. The monoisotopic (exact) mass is 296 g/mol. The maximum absolute atomic E-state index is 12.0. The zero-order valence-electron chi connectivity index (χ0n) is 9.25. The Hall–Kier alpha value is -1.04. The van der Waals surface area contributed by atoms with Crippen LogP contribution in [0.15, 0.2) is 35.8 Å². The molecule has 2 aromatic rings. The summed E-state index contributed by atoms with van der Waals surface area (Å²) < 4.78 is 0. The highest BCUT2D eigenvalue weighted by atomic mass is 35.5. The van der Waals surface area contributed by atoms with Gasteiger partial charge in [-0.15, -0.1) is 23.1 Å². The molecule has 0 aliphatic carbocycles. The van der Waals surface area contributed by atoms with Crippen LogP contribution in [0.3, 0.4) is 0 Å². The van der Waals surface area contributed by atoms with E-state index in [4.69, 9.17) is 11.6 Å². The summed E-state index contributed by atoms with van der Waals surface area (Å²) in [7, 11) is 0. The molecule has 1 amide bonds. The lowest BCUT2D eigenvalue weighted by Crippen LogP contribution is -2.27. The number of amides is 1. The minimum absolute atomic E-state index is 0.0719. The Kier molecular flexibility index (Phi) is 3.28. The van der Waals surface area contributed by atoms with Gasteiger partial charge in [0.2, 0.25) is 5.91 Å². The number of rotatable bonds is 2. The Balaban J connectivity index is 2.02. The first-order valence-electron chi connectivity index (χ1n) is 5.35. The minimum Gasteiger partial charge on any atom is -0.273 e. The molecule has 3 rings (SSSR count). The Morgan fingerprint density at radius 3 is 2.94 bits per heavy atom. The maximum Gasteiger partial charge on any atom is 0.240 e. The van der Waals surface area contributed by atoms with Gasteiger partial charge in [0.25, 0.3) is 0 Å². The van der Waals surface area contributed by atoms with Gasteiger partial charge in [-0.1, -0.05) is 29.8 Å². The molecule has 1 unspecified atom stereocenters. The molecule has 1 aromatic carbocycles. The molecule has 1 aliphatic rings. The molecule has 0 radical (unpaired) electrons. The van der Waals surface area contributed by atoms with Crippen molar-refractivity contribution in [2.24, 2.45) is 0 Å². The molecule has 1 aliphatic heterocycles. The van der Waals surface area contributed by atoms with Crippen molar-refractivity contribution in [2.45, 2.75) is 5.37 Å². The van der Waals surface area contributed by atoms with Crippen LogP contribution in [-0.2, 0) is 4.79 Å². The molecule has 3 nitrogen and oxygen atoms in total. The van der Waals surface area contributed by atoms with Gasteiger partial charge in [-0.25, -0.2) is 4.98 Å². The number of hydrogen-bond acceptors (Lipinski definition) is 4. The van der Waals surface area contributed by atoms with Crippen LogP contribution in [0.5, 0.6) is 0 Å². The molecular weight excluding hydrogens is 288 g/mol. The van der Waals surface area contributed by atoms with Gasteiger partial charge in [0.15, 0.2) is 5.13 Å². The summed E-state index contributed by atoms with van der Waals surface area (Å²) in [6, 6.07) is 7.63. The number of nitrogens with zero attached hydrogens (tertiary/aromatic N) is 2. The normalized spacial score (nSPS) is 19.5. The lowest BCUT2D eigenvalue weighted by atomic mass is 10.2. The molecule has 1 atom stereocenters. The summed E-state index contributed by atoms with van der Waals surface area (Å²) in [4.78, 5) is 18.0. The van der Waals surface area contributed by atoms with E-state index in [-0.39, 0.29) is 11.3 Å². The SMILES string of the molecule is O=C1CSC(c2ccccc2Cl)N1c1nccs1. The molecule has 2 heterocycles. The summed E-state index contributed by atoms with van der Waals surface area (Å²) in [5, 5.41) is 3.22. The maximum atomic E-state index is 12.0. The number of carbonyl (C=O) groups is 1. The molecule has 0 bridgehead atoms. The Bertz CT molecular complexity index is 573. The van der Waals surface area contributed by atoms with E-state index in [9.17, 15) is 4.79 Å². The van der Waals surface area contributed by atoms with Gasteiger partial charge in [-0.2, -0.15) is 0 Å². The number of thiazole rings is 1. The molecule has 6 heteroatoms. The van der Waals surface area contributed by atoms with E-state index in [1.54, 1.807) is 22.9 Å². The Morgan fingerprint density at radius 1 is 1.39 bits per heavy atom. The van der Waals surface area contributed by atoms with Gasteiger partial charge >= 0.3 is 0 Å². The van der Waals surface area contributed by atoms with Crippen molar-refractivity contribution in [3.05, 3.63) is 46.4 Å². The van der Waals surface area contributed by atoms with E-state index in [2.05, 4.69) is 4.98 Å². The minimum atomic E-state index is -0.0719. The van der Waals surface area contributed by atoms with Crippen molar-refractivity contribution in [1.82, 2.24) is 4.98 Å². The highest BCUT2D eigenvalue weighted by molar-refractivity contribution is 8.00. The molecule has 0 N–H and O–H groups in total. The Labute approximate surface area is 118 Å². The second kappa shape index (κ2) is 4.91. The third-order valence-corrected chi connectivity index (χ3v) is 4.97. The average molecular weight is 297 g/mol. The molecule has 0 saturated carbocycles. The van der Waals surface area contributed by atoms with Crippen LogP contribution in [-0.4, -0.2) is 16.6 Å². The van der Waals surface area contributed by atoms with E-state index in [0.717, 1.165) is 10.7 Å². The number of hydrogen-bond donors (Lipinski definition) is 0. The van der Waals surface area contributed by atoms with Gasteiger partial charge in [-0.3, -0.25) is 9.69 Å². The van der Waals surface area contributed by atoms with Gasteiger partial charge < -0.3 is 0 Å². The third kappa shape index (κ3) is 2.02. The first-order valence-corrected chi connectivity index (χ1v) is 7.65. The number of halogens is 1. The number of thioether (sulfide) groups is 1. The highest BCUT2D eigenvalue weighted by Gasteiger charge is 2.36. The second-order valence-corrected chi connectivity index (χ2v) is 6.11. The first-order chi connectivity index (χ1) is 8.77. The lowest BCUT2D eigenvalue weighted by molar-refractivity contribution is -0.115.